The van der Waals surface area contributed by atoms with Gasteiger partial charge in [-0.2, -0.15) is 15.2 Å². The molecule has 4 aromatic rings. The fourth-order valence-electron chi connectivity index (χ4n) is 2.54. The Morgan fingerprint density at radius 1 is 1.11 bits per heavy atom. The van der Waals surface area contributed by atoms with E-state index in [1.807, 2.05) is 30.3 Å². The van der Waals surface area contributed by atoms with Gasteiger partial charge in [-0.1, -0.05) is 35.9 Å². The lowest BCUT2D eigenvalue weighted by molar-refractivity contribution is 0.573. The second-order valence-corrected chi connectivity index (χ2v) is 6.82. The molecule has 2 heterocycles. The number of benzene rings is 2. The number of rotatable bonds is 4. The molecule has 2 aromatic carbocycles. The van der Waals surface area contributed by atoms with Crippen LogP contribution in [0.15, 0.2) is 59.3 Å². The summed E-state index contributed by atoms with van der Waals surface area (Å²) < 4.78 is 2.37. The second-order valence-electron chi connectivity index (χ2n) is 5.66. The van der Waals surface area contributed by atoms with E-state index in [1.165, 1.54) is 4.80 Å². The summed E-state index contributed by atoms with van der Waals surface area (Å²) in [7, 11) is 0. The van der Waals surface area contributed by atoms with Crippen LogP contribution in [0.2, 0.25) is 5.02 Å². The zero-order valence-corrected chi connectivity index (χ0v) is 16.1. The minimum Gasteiger partial charge on any atom is -0.224 e. The Balaban J connectivity index is 1.60. The van der Waals surface area contributed by atoms with Gasteiger partial charge in [0.15, 0.2) is 0 Å². The summed E-state index contributed by atoms with van der Waals surface area (Å²) >= 11 is 9.80. The largest absolute Gasteiger partial charge is 0.224 e. The van der Waals surface area contributed by atoms with Crippen molar-refractivity contribution < 1.29 is 0 Å². The maximum atomic E-state index is 8.86. The smallest absolute Gasteiger partial charge is 0.209 e. The lowest BCUT2D eigenvalue weighted by atomic mass is 10.1. The SMILES string of the molecule is N#Cc1ccc(Cn2nnc(-c3cnn(-c4ccccc4Cl)c3Br)n2)cc1. The molecule has 0 saturated heterocycles. The number of para-hydroxylation sites is 1. The molecule has 0 bridgehead atoms. The summed E-state index contributed by atoms with van der Waals surface area (Å²) in [6, 6.07) is 16.8. The molecule has 2 aromatic heterocycles. The van der Waals surface area contributed by atoms with Crippen molar-refractivity contribution in [3.05, 3.63) is 75.5 Å². The zero-order chi connectivity index (χ0) is 18.8. The summed E-state index contributed by atoms with van der Waals surface area (Å²) in [5.41, 5.74) is 3.05. The number of hydrogen-bond acceptors (Lipinski definition) is 5. The Bertz CT molecular complexity index is 1140. The molecule has 132 valence electrons. The lowest BCUT2D eigenvalue weighted by Crippen LogP contribution is -2.04. The molecule has 0 atom stereocenters. The standard InChI is InChI=1S/C18H11BrClN7/c19-17-14(10-22-27(17)16-4-2-1-3-15(16)20)18-23-25-26(24-18)11-13-7-5-12(9-21)6-8-13/h1-8,10H,11H2. The van der Waals surface area contributed by atoms with E-state index in [0.717, 1.165) is 11.3 Å². The molecule has 0 aliphatic carbocycles. The molecule has 0 amide bonds. The first-order valence-corrected chi connectivity index (χ1v) is 9.08. The van der Waals surface area contributed by atoms with E-state index in [2.05, 4.69) is 42.5 Å². The maximum absolute atomic E-state index is 8.86. The summed E-state index contributed by atoms with van der Waals surface area (Å²) in [6.45, 7) is 0.453. The van der Waals surface area contributed by atoms with Gasteiger partial charge in [-0.05, 0) is 51.0 Å². The number of aromatic nitrogens is 6. The van der Waals surface area contributed by atoms with Crippen LogP contribution < -0.4 is 0 Å². The Morgan fingerprint density at radius 2 is 1.89 bits per heavy atom. The Hall–Kier alpha value is -3.02. The van der Waals surface area contributed by atoms with Crippen molar-refractivity contribution in [2.24, 2.45) is 0 Å². The molecule has 7 nitrogen and oxygen atoms in total. The van der Waals surface area contributed by atoms with Gasteiger partial charge in [-0.15, -0.1) is 10.2 Å². The van der Waals surface area contributed by atoms with Crippen LogP contribution in [0.1, 0.15) is 11.1 Å². The number of hydrogen-bond donors (Lipinski definition) is 0. The van der Waals surface area contributed by atoms with Crippen molar-refractivity contribution in [1.29, 1.82) is 5.26 Å². The Labute approximate surface area is 167 Å². The van der Waals surface area contributed by atoms with Gasteiger partial charge < -0.3 is 0 Å². The van der Waals surface area contributed by atoms with Crippen LogP contribution in [0.3, 0.4) is 0 Å². The van der Waals surface area contributed by atoms with Crippen molar-refractivity contribution in [3.8, 4) is 23.1 Å². The highest BCUT2D eigenvalue weighted by Crippen LogP contribution is 2.30. The highest BCUT2D eigenvalue weighted by Gasteiger charge is 2.17. The van der Waals surface area contributed by atoms with Crippen LogP contribution in [-0.4, -0.2) is 30.0 Å². The van der Waals surface area contributed by atoms with E-state index < -0.39 is 0 Å². The molecule has 0 unspecified atom stereocenters. The van der Waals surface area contributed by atoms with Gasteiger partial charge in [0.25, 0.3) is 0 Å². The van der Waals surface area contributed by atoms with Crippen LogP contribution in [0.25, 0.3) is 17.1 Å². The van der Waals surface area contributed by atoms with E-state index in [4.69, 9.17) is 16.9 Å². The third-order valence-corrected chi connectivity index (χ3v) is 4.97. The molecule has 27 heavy (non-hydrogen) atoms. The van der Waals surface area contributed by atoms with Crippen LogP contribution in [0, 0.1) is 11.3 Å². The van der Waals surface area contributed by atoms with Crippen molar-refractivity contribution in [2.45, 2.75) is 6.54 Å². The molecule has 0 N–H and O–H groups in total. The third-order valence-electron chi connectivity index (χ3n) is 3.89. The summed E-state index contributed by atoms with van der Waals surface area (Å²) in [5.74, 6) is 0.453. The molecule has 0 spiro atoms. The van der Waals surface area contributed by atoms with Crippen molar-refractivity contribution >= 4 is 27.5 Å². The molecule has 0 saturated carbocycles. The van der Waals surface area contributed by atoms with Crippen molar-refractivity contribution in [1.82, 2.24) is 30.0 Å². The Kier molecular flexibility index (Phi) is 4.71. The zero-order valence-electron chi connectivity index (χ0n) is 13.8. The predicted octanol–water partition coefficient (Wildman–Crippen LogP) is 3.86. The molecule has 0 aliphatic heterocycles. The van der Waals surface area contributed by atoms with Gasteiger partial charge in [0.05, 0.1) is 40.6 Å². The topological polar surface area (TPSA) is 85.2 Å². The van der Waals surface area contributed by atoms with Gasteiger partial charge in [-0.3, -0.25) is 0 Å². The molecule has 0 radical (unpaired) electrons. The normalized spacial score (nSPS) is 10.7. The minimum atomic E-state index is 0.453. The van der Waals surface area contributed by atoms with E-state index in [9.17, 15) is 0 Å². The molecule has 4 rings (SSSR count). The fourth-order valence-corrected chi connectivity index (χ4v) is 3.32. The molecular weight excluding hydrogens is 430 g/mol. The van der Waals surface area contributed by atoms with Crippen LogP contribution in [-0.2, 0) is 6.54 Å². The third kappa shape index (κ3) is 3.47. The van der Waals surface area contributed by atoms with Gasteiger partial charge in [0.1, 0.15) is 4.60 Å². The second kappa shape index (κ2) is 7.31. The van der Waals surface area contributed by atoms with Crippen LogP contribution >= 0.6 is 27.5 Å². The highest BCUT2D eigenvalue weighted by atomic mass is 79.9. The Morgan fingerprint density at radius 3 is 2.63 bits per heavy atom. The summed E-state index contributed by atoms with van der Waals surface area (Å²) in [5, 5.41) is 26.5. The minimum absolute atomic E-state index is 0.453. The molecular formula is C18H11BrClN7. The van der Waals surface area contributed by atoms with Crippen molar-refractivity contribution in [3.63, 3.8) is 0 Å². The number of tetrazole rings is 1. The van der Waals surface area contributed by atoms with Crippen LogP contribution in [0.5, 0.6) is 0 Å². The average molecular weight is 441 g/mol. The first kappa shape index (κ1) is 17.4. The monoisotopic (exact) mass is 439 g/mol. The van der Waals surface area contributed by atoms with Gasteiger partial charge in [0, 0.05) is 0 Å². The molecule has 0 aliphatic rings. The summed E-state index contributed by atoms with van der Waals surface area (Å²) in [4.78, 5) is 1.50. The predicted molar refractivity (Wildman–Crippen MR) is 103 cm³/mol. The number of nitrogens with zero attached hydrogens (tertiary/aromatic N) is 7. The van der Waals surface area contributed by atoms with Gasteiger partial charge in [0.2, 0.25) is 5.82 Å². The number of nitriles is 1. The first-order chi connectivity index (χ1) is 13.2. The van der Waals surface area contributed by atoms with Crippen LogP contribution in [0.4, 0.5) is 0 Å². The fraction of sp³-hybridized carbons (Fsp3) is 0.0556. The van der Waals surface area contributed by atoms with E-state index in [-0.39, 0.29) is 0 Å². The maximum Gasteiger partial charge on any atom is 0.209 e. The summed E-state index contributed by atoms with van der Waals surface area (Å²) in [6.07, 6.45) is 1.66. The first-order valence-electron chi connectivity index (χ1n) is 7.91. The molecule has 9 heteroatoms. The lowest BCUT2D eigenvalue weighted by Gasteiger charge is -2.05. The van der Waals surface area contributed by atoms with Gasteiger partial charge in [-0.25, -0.2) is 4.68 Å². The van der Waals surface area contributed by atoms with E-state index in [0.29, 0.717) is 33.1 Å². The average Bonchev–Trinajstić information content (AvgIpc) is 3.29. The van der Waals surface area contributed by atoms with Crippen molar-refractivity contribution in [2.75, 3.05) is 0 Å². The highest BCUT2D eigenvalue weighted by molar-refractivity contribution is 9.10. The van der Waals surface area contributed by atoms with E-state index >= 15 is 0 Å². The number of halogens is 2. The van der Waals surface area contributed by atoms with Gasteiger partial charge >= 0.3 is 0 Å². The quantitative estimate of drug-likeness (QED) is 0.481. The van der Waals surface area contributed by atoms with E-state index in [1.54, 1.807) is 29.1 Å². The molecule has 0 fully saturated rings.